The van der Waals surface area contributed by atoms with Gasteiger partial charge in [-0.3, -0.25) is 4.79 Å². The molecule has 0 aliphatic carbocycles. The molecule has 21 heavy (non-hydrogen) atoms. The van der Waals surface area contributed by atoms with Crippen LogP contribution in [-0.2, 0) is 0 Å². The maximum atomic E-state index is 13.4. The highest BCUT2D eigenvalue weighted by Crippen LogP contribution is 2.14. The second kappa shape index (κ2) is 7.74. The Morgan fingerprint density at radius 3 is 2.52 bits per heavy atom. The molecule has 0 heterocycles. The van der Waals surface area contributed by atoms with Gasteiger partial charge in [0.1, 0.15) is 11.6 Å². The second-order valence-corrected chi connectivity index (χ2v) is 5.07. The van der Waals surface area contributed by atoms with Crippen LogP contribution < -0.4 is 4.74 Å². The zero-order valence-corrected chi connectivity index (χ0v) is 12.8. The van der Waals surface area contributed by atoms with Crippen molar-refractivity contribution in [3.63, 3.8) is 0 Å². The fourth-order valence-corrected chi connectivity index (χ4v) is 1.91. The number of alkyl halides is 1. The van der Waals surface area contributed by atoms with Crippen molar-refractivity contribution in [2.75, 3.05) is 11.9 Å². The SMILES string of the molecule is O=C(/C=C/c1ccccc1F)c1ccc(OCCBr)cc1. The highest BCUT2D eigenvalue weighted by molar-refractivity contribution is 9.09. The van der Waals surface area contributed by atoms with Gasteiger partial charge in [-0.1, -0.05) is 34.1 Å². The number of carbonyl (C=O) groups is 1. The molecule has 2 rings (SSSR count). The third kappa shape index (κ3) is 4.53. The Kier molecular flexibility index (Phi) is 5.69. The molecule has 0 bridgehead atoms. The fraction of sp³-hybridized carbons (Fsp3) is 0.118. The van der Waals surface area contributed by atoms with Crippen LogP contribution in [0.4, 0.5) is 4.39 Å². The Balaban J connectivity index is 2.05. The summed E-state index contributed by atoms with van der Waals surface area (Å²) in [6.45, 7) is 0.570. The van der Waals surface area contributed by atoms with E-state index in [4.69, 9.17) is 4.74 Å². The van der Waals surface area contributed by atoms with Gasteiger partial charge in [0.25, 0.3) is 0 Å². The van der Waals surface area contributed by atoms with Gasteiger partial charge < -0.3 is 4.74 Å². The van der Waals surface area contributed by atoms with Gasteiger partial charge in [0.15, 0.2) is 5.78 Å². The van der Waals surface area contributed by atoms with E-state index >= 15 is 0 Å². The smallest absolute Gasteiger partial charge is 0.185 e. The minimum absolute atomic E-state index is 0.176. The zero-order valence-electron chi connectivity index (χ0n) is 11.3. The Morgan fingerprint density at radius 2 is 1.86 bits per heavy atom. The van der Waals surface area contributed by atoms with Crippen LogP contribution in [0.3, 0.4) is 0 Å². The molecule has 0 saturated heterocycles. The lowest BCUT2D eigenvalue weighted by Crippen LogP contribution is -1.99. The van der Waals surface area contributed by atoms with Crippen molar-refractivity contribution < 1.29 is 13.9 Å². The van der Waals surface area contributed by atoms with Gasteiger partial charge in [0.2, 0.25) is 0 Å². The molecule has 0 fully saturated rings. The van der Waals surface area contributed by atoms with E-state index in [-0.39, 0.29) is 11.6 Å². The molecule has 2 aromatic rings. The normalized spacial score (nSPS) is 10.8. The summed E-state index contributed by atoms with van der Waals surface area (Å²) >= 11 is 3.27. The van der Waals surface area contributed by atoms with Gasteiger partial charge in [-0.2, -0.15) is 0 Å². The molecule has 108 valence electrons. The molecule has 0 aliphatic rings. The van der Waals surface area contributed by atoms with Gasteiger partial charge >= 0.3 is 0 Å². The Hall–Kier alpha value is -1.94. The van der Waals surface area contributed by atoms with Crippen LogP contribution >= 0.6 is 15.9 Å². The lowest BCUT2D eigenvalue weighted by atomic mass is 10.1. The topological polar surface area (TPSA) is 26.3 Å². The van der Waals surface area contributed by atoms with Crippen LogP contribution in [0.5, 0.6) is 5.75 Å². The highest BCUT2D eigenvalue weighted by atomic mass is 79.9. The highest BCUT2D eigenvalue weighted by Gasteiger charge is 2.03. The molecular weight excluding hydrogens is 335 g/mol. The van der Waals surface area contributed by atoms with E-state index in [0.717, 1.165) is 5.33 Å². The number of hydrogen-bond acceptors (Lipinski definition) is 2. The number of allylic oxidation sites excluding steroid dienone is 1. The lowest BCUT2D eigenvalue weighted by molar-refractivity contribution is 0.104. The van der Waals surface area contributed by atoms with Crippen LogP contribution in [0.1, 0.15) is 15.9 Å². The predicted molar refractivity (Wildman–Crippen MR) is 85.5 cm³/mol. The van der Waals surface area contributed by atoms with Gasteiger partial charge in [-0.05, 0) is 42.5 Å². The van der Waals surface area contributed by atoms with E-state index in [1.807, 2.05) is 0 Å². The van der Waals surface area contributed by atoms with Crippen molar-refractivity contribution in [3.05, 3.63) is 71.6 Å². The molecule has 2 nitrogen and oxygen atoms in total. The summed E-state index contributed by atoms with van der Waals surface area (Å²) in [5.74, 6) is 0.189. The first-order valence-corrected chi connectivity index (χ1v) is 7.58. The van der Waals surface area contributed by atoms with Gasteiger partial charge in [-0.25, -0.2) is 4.39 Å². The third-order valence-electron chi connectivity index (χ3n) is 2.80. The number of halogens is 2. The molecule has 2 aromatic carbocycles. The summed E-state index contributed by atoms with van der Waals surface area (Å²) in [7, 11) is 0. The average Bonchev–Trinajstić information content (AvgIpc) is 2.52. The molecule has 0 spiro atoms. The van der Waals surface area contributed by atoms with Crippen molar-refractivity contribution in [1.82, 2.24) is 0 Å². The van der Waals surface area contributed by atoms with Crippen LogP contribution in [0, 0.1) is 5.82 Å². The monoisotopic (exact) mass is 348 g/mol. The van der Waals surface area contributed by atoms with Crippen LogP contribution in [-0.4, -0.2) is 17.7 Å². The Labute approximate surface area is 131 Å². The van der Waals surface area contributed by atoms with Gasteiger partial charge in [0.05, 0.1) is 6.61 Å². The van der Waals surface area contributed by atoms with E-state index < -0.39 is 0 Å². The number of ether oxygens (including phenoxy) is 1. The molecule has 0 amide bonds. The van der Waals surface area contributed by atoms with Crippen LogP contribution in [0.2, 0.25) is 0 Å². The molecule has 4 heteroatoms. The Morgan fingerprint density at radius 1 is 1.14 bits per heavy atom. The summed E-state index contributed by atoms with van der Waals surface area (Å²) < 4.78 is 18.8. The summed E-state index contributed by atoms with van der Waals surface area (Å²) in [6.07, 6.45) is 2.85. The molecule has 0 aliphatic heterocycles. The second-order valence-electron chi connectivity index (χ2n) is 4.28. The molecule has 0 radical (unpaired) electrons. The summed E-state index contributed by atoms with van der Waals surface area (Å²) in [6, 6.07) is 13.2. The lowest BCUT2D eigenvalue weighted by Gasteiger charge is -2.04. The molecule has 0 unspecified atom stereocenters. The predicted octanol–water partition coefficient (Wildman–Crippen LogP) is 4.50. The zero-order chi connectivity index (χ0) is 15.1. The first-order chi connectivity index (χ1) is 10.2. The maximum Gasteiger partial charge on any atom is 0.185 e. The number of carbonyl (C=O) groups excluding carboxylic acids is 1. The minimum atomic E-state index is -0.347. The summed E-state index contributed by atoms with van der Waals surface area (Å²) in [5.41, 5.74) is 0.928. The molecular formula is C17H14BrFO2. The van der Waals surface area contributed by atoms with Gasteiger partial charge in [-0.15, -0.1) is 0 Å². The average molecular weight is 349 g/mol. The van der Waals surface area contributed by atoms with Crippen LogP contribution in [0.25, 0.3) is 6.08 Å². The van der Waals surface area contributed by atoms with E-state index in [9.17, 15) is 9.18 Å². The van der Waals surface area contributed by atoms with E-state index in [2.05, 4.69) is 15.9 Å². The van der Waals surface area contributed by atoms with E-state index in [1.165, 1.54) is 18.2 Å². The minimum Gasteiger partial charge on any atom is -0.493 e. The van der Waals surface area contributed by atoms with Crippen molar-refractivity contribution in [1.29, 1.82) is 0 Å². The number of hydrogen-bond donors (Lipinski definition) is 0. The maximum absolute atomic E-state index is 13.4. The first-order valence-electron chi connectivity index (χ1n) is 6.46. The molecule has 0 saturated carbocycles. The van der Waals surface area contributed by atoms with Crippen molar-refractivity contribution in [2.45, 2.75) is 0 Å². The summed E-state index contributed by atoms with van der Waals surface area (Å²) in [5, 5.41) is 0.749. The largest absolute Gasteiger partial charge is 0.493 e. The molecule has 0 N–H and O–H groups in total. The van der Waals surface area contributed by atoms with Gasteiger partial charge in [0, 0.05) is 16.5 Å². The van der Waals surface area contributed by atoms with Crippen molar-refractivity contribution >= 4 is 27.8 Å². The third-order valence-corrected chi connectivity index (χ3v) is 3.13. The molecule has 0 atom stereocenters. The quantitative estimate of drug-likeness (QED) is 0.436. The van der Waals surface area contributed by atoms with E-state index in [0.29, 0.717) is 23.5 Å². The number of rotatable bonds is 6. The fourth-order valence-electron chi connectivity index (χ4n) is 1.74. The number of benzene rings is 2. The standard InChI is InChI=1S/C17H14BrFO2/c18-11-12-21-15-8-5-14(6-9-15)17(20)10-7-13-3-1-2-4-16(13)19/h1-10H,11-12H2/b10-7+. The summed E-state index contributed by atoms with van der Waals surface area (Å²) in [4.78, 5) is 12.0. The molecule has 0 aromatic heterocycles. The van der Waals surface area contributed by atoms with Crippen molar-refractivity contribution in [3.8, 4) is 5.75 Å². The van der Waals surface area contributed by atoms with E-state index in [1.54, 1.807) is 42.5 Å². The van der Waals surface area contributed by atoms with Crippen LogP contribution in [0.15, 0.2) is 54.6 Å². The Bertz CT molecular complexity index is 635. The first kappa shape index (κ1) is 15.4. The van der Waals surface area contributed by atoms with Crippen molar-refractivity contribution in [2.24, 2.45) is 0 Å². The number of ketones is 1.